The molecule has 0 aliphatic carbocycles. The smallest absolute Gasteiger partial charge is 0.193 e. The third-order valence-corrected chi connectivity index (χ3v) is 4.31. The normalized spacial score (nSPS) is 13.2. The van der Waals surface area contributed by atoms with Crippen LogP contribution >= 0.6 is 22.7 Å². The predicted molar refractivity (Wildman–Crippen MR) is 73.7 cm³/mol. The van der Waals surface area contributed by atoms with Crippen molar-refractivity contribution >= 4 is 27.6 Å². The lowest BCUT2D eigenvalue weighted by Gasteiger charge is -2.11. The summed E-state index contributed by atoms with van der Waals surface area (Å²) in [6.45, 7) is 1.99. The first-order chi connectivity index (χ1) is 8.76. The molecule has 0 saturated carbocycles. The molecule has 5 nitrogen and oxygen atoms in total. The lowest BCUT2D eigenvalue weighted by Crippen LogP contribution is -2.29. The van der Waals surface area contributed by atoms with Gasteiger partial charge < -0.3 is 0 Å². The van der Waals surface area contributed by atoms with E-state index in [1.165, 1.54) is 0 Å². The summed E-state index contributed by atoms with van der Waals surface area (Å²) in [5.41, 5.74) is 4.82. The van der Waals surface area contributed by atoms with Gasteiger partial charge in [0.25, 0.3) is 0 Å². The number of nitrogens with zero attached hydrogens (tertiary/aromatic N) is 3. The van der Waals surface area contributed by atoms with E-state index in [0.717, 1.165) is 27.8 Å². The van der Waals surface area contributed by atoms with Crippen LogP contribution in [0.1, 0.15) is 22.4 Å². The Morgan fingerprint density at radius 2 is 2.33 bits per heavy atom. The van der Waals surface area contributed by atoms with E-state index < -0.39 is 0 Å². The van der Waals surface area contributed by atoms with Crippen LogP contribution in [-0.4, -0.2) is 14.4 Å². The molecule has 3 N–H and O–H groups in total. The van der Waals surface area contributed by atoms with Crippen LogP contribution in [0.4, 0.5) is 0 Å². The molecule has 3 aromatic rings. The largest absolute Gasteiger partial charge is 0.297 e. The molecule has 0 aliphatic heterocycles. The first kappa shape index (κ1) is 11.8. The van der Waals surface area contributed by atoms with Gasteiger partial charge in [0.05, 0.1) is 22.4 Å². The summed E-state index contributed by atoms with van der Waals surface area (Å²) in [4.78, 5) is 10.0. The van der Waals surface area contributed by atoms with Crippen LogP contribution in [0.2, 0.25) is 0 Å². The van der Waals surface area contributed by atoms with Gasteiger partial charge in [0.2, 0.25) is 0 Å². The summed E-state index contributed by atoms with van der Waals surface area (Å²) in [7, 11) is 0. The summed E-state index contributed by atoms with van der Waals surface area (Å²) in [5, 5.41) is 5.11. The average molecular weight is 279 g/mol. The molecule has 0 radical (unpaired) electrons. The Labute approximate surface area is 112 Å². The minimum absolute atomic E-state index is 0.0135. The average Bonchev–Trinajstić information content (AvgIpc) is 3.00. The molecule has 0 spiro atoms. The highest BCUT2D eigenvalue weighted by molar-refractivity contribution is 7.15. The maximum Gasteiger partial charge on any atom is 0.193 e. The fourth-order valence-corrected chi connectivity index (χ4v) is 3.26. The molecule has 3 aromatic heterocycles. The summed E-state index contributed by atoms with van der Waals surface area (Å²) in [5.74, 6) is 5.61. The van der Waals surface area contributed by atoms with Gasteiger partial charge in [-0.25, -0.2) is 9.97 Å². The van der Waals surface area contributed by atoms with E-state index >= 15 is 0 Å². The first-order valence-corrected chi connectivity index (χ1v) is 7.31. The zero-order chi connectivity index (χ0) is 12.5. The maximum absolute atomic E-state index is 5.61. The summed E-state index contributed by atoms with van der Waals surface area (Å²) < 4.78 is 2.03. The Bertz CT molecular complexity index is 625. The number of rotatable bonds is 4. The number of aromatic nitrogens is 3. The number of hydrogen-bond acceptors (Lipinski definition) is 6. The van der Waals surface area contributed by atoms with Gasteiger partial charge in [-0.1, -0.05) is 0 Å². The monoisotopic (exact) mass is 279 g/mol. The number of nitrogens with one attached hydrogen (secondary N) is 1. The minimum atomic E-state index is 0.0135. The number of hydrogen-bond donors (Lipinski definition) is 2. The van der Waals surface area contributed by atoms with E-state index in [2.05, 4.69) is 15.4 Å². The van der Waals surface area contributed by atoms with Crippen molar-refractivity contribution in [2.24, 2.45) is 5.84 Å². The van der Waals surface area contributed by atoms with Gasteiger partial charge in [0, 0.05) is 29.6 Å². The lowest BCUT2D eigenvalue weighted by atomic mass is 10.1. The van der Waals surface area contributed by atoms with Gasteiger partial charge in [-0.05, 0) is 6.92 Å². The van der Waals surface area contributed by atoms with Crippen LogP contribution in [0.25, 0.3) is 4.96 Å². The van der Waals surface area contributed by atoms with Crippen LogP contribution in [-0.2, 0) is 6.42 Å². The van der Waals surface area contributed by atoms with E-state index in [1.54, 1.807) is 22.7 Å². The molecule has 3 heterocycles. The Hall–Kier alpha value is -1.28. The van der Waals surface area contributed by atoms with E-state index in [4.69, 9.17) is 5.84 Å². The predicted octanol–water partition coefficient (Wildman–Crippen LogP) is 1.91. The van der Waals surface area contributed by atoms with Gasteiger partial charge in [-0.2, -0.15) is 0 Å². The Morgan fingerprint density at radius 3 is 3.00 bits per heavy atom. The summed E-state index contributed by atoms with van der Waals surface area (Å²) >= 11 is 3.26. The number of imidazole rings is 1. The second-order valence-electron chi connectivity index (χ2n) is 4.04. The summed E-state index contributed by atoms with van der Waals surface area (Å²) in [6, 6.07) is 0.0135. The van der Waals surface area contributed by atoms with Crippen molar-refractivity contribution < 1.29 is 0 Å². The van der Waals surface area contributed by atoms with Crippen molar-refractivity contribution in [1.29, 1.82) is 0 Å². The first-order valence-electron chi connectivity index (χ1n) is 5.55. The van der Waals surface area contributed by atoms with Gasteiger partial charge >= 0.3 is 0 Å². The molecule has 3 rings (SSSR count). The van der Waals surface area contributed by atoms with Crippen molar-refractivity contribution in [3.8, 4) is 0 Å². The fourth-order valence-electron chi connectivity index (χ4n) is 1.87. The molecular formula is C11H13N5S2. The van der Waals surface area contributed by atoms with Crippen LogP contribution in [0.3, 0.4) is 0 Å². The van der Waals surface area contributed by atoms with Gasteiger partial charge in [-0.15, -0.1) is 22.7 Å². The molecule has 1 atom stereocenters. The number of fused-ring (bicyclic) bond motifs is 1. The van der Waals surface area contributed by atoms with Crippen molar-refractivity contribution in [2.75, 3.05) is 0 Å². The van der Waals surface area contributed by atoms with E-state index in [0.29, 0.717) is 0 Å². The Balaban J connectivity index is 1.83. The highest BCUT2D eigenvalue weighted by Crippen LogP contribution is 2.20. The molecule has 0 bridgehead atoms. The van der Waals surface area contributed by atoms with Crippen molar-refractivity contribution in [3.63, 3.8) is 0 Å². The molecule has 0 saturated heterocycles. The molecular weight excluding hydrogens is 266 g/mol. The van der Waals surface area contributed by atoms with Crippen molar-refractivity contribution in [2.45, 2.75) is 19.4 Å². The second-order valence-corrected chi connectivity index (χ2v) is 5.98. The van der Waals surface area contributed by atoms with Crippen molar-refractivity contribution in [1.82, 2.24) is 19.8 Å². The molecule has 0 aromatic carbocycles. The topological polar surface area (TPSA) is 68.2 Å². The molecule has 94 valence electrons. The molecule has 0 amide bonds. The zero-order valence-corrected chi connectivity index (χ0v) is 11.5. The van der Waals surface area contributed by atoms with E-state index in [1.807, 2.05) is 34.5 Å². The maximum atomic E-state index is 5.61. The van der Waals surface area contributed by atoms with Crippen LogP contribution in [0, 0.1) is 6.92 Å². The van der Waals surface area contributed by atoms with Gasteiger partial charge in [0.1, 0.15) is 0 Å². The third kappa shape index (κ3) is 2.17. The molecule has 0 fully saturated rings. The van der Waals surface area contributed by atoms with E-state index in [9.17, 15) is 0 Å². The quantitative estimate of drug-likeness (QED) is 0.565. The Morgan fingerprint density at radius 1 is 1.44 bits per heavy atom. The molecule has 1 unspecified atom stereocenters. The van der Waals surface area contributed by atoms with Crippen LogP contribution in [0.15, 0.2) is 23.2 Å². The molecule has 18 heavy (non-hydrogen) atoms. The fraction of sp³-hybridized carbons (Fsp3) is 0.273. The minimum Gasteiger partial charge on any atom is -0.297 e. The van der Waals surface area contributed by atoms with Crippen molar-refractivity contribution in [3.05, 3.63) is 39.5 Å². The zero-order valence-electron chi connectivity index (χ0n) is 9.83. The van der Waals surface area contributed by atoms with Gasteiger partial charge in [-0.3, -0.25) is 15.7 Å². The van der Waals surface area contributed by atoms with Crippen LogP contribution < -0.4 is 11.3 Å². The second kappa shape index (κ2) is 4.77. The molecule has 0 aliphatic rings. The highest BCUT2D eigenvalue weighted by Gasteiger charge is 2.15. The third-order valence-electron chi connectivity index (χ3n) is 2.75. The standard InChI is InChI=1S/C11H13N5S2/c1-7-13-10(6-18-7)9(15-12)4-8-5-16-2-3-17-11(16)14-8/h2-3,5-6,9,15H,4,12H2,1H3. The highest BCUT2D eigenvalue weighted by atomic mass is 32.1. The number of hydrazine groups is 1. The summed E-state index contributed by atoms with van der Waals surface area (Å²) in [6.07, 6.45) is 4.79. The number of aryl methyl sites for hydroxylation is 1. The van der Waals surface area contributed by atoms with Gasteiger partial charge in [0.15, 0.2) is 4.96 Å². The van der Waals surface area contributed by atoms with Crippen LogP contribution in [0.5, 0.6) is 0 Å². The molecule has 7 heteroatoms. The number of nitrogens with two attached hydrogens (primary N) is 1. The Kier molecular flexibility index (Phi) is 3.13. The lowest BCUT2D eigenvalue weighted by molar-refractivity contribution is 0.536. The SMILES string of the molecule is Cc1nc(C(Cc2cn3ccsc3n2)NN)cs1. The van der Waals surface area contributed by atoms with E-state index in [-0.39, 0.29) is 6.04 Å². The number of thiazole rings is 2.